The van der Waals surface area contributed by atoms with Gasteiger partial charge in [-0.2, -0.15) is 0 Å². The lowest BCUT2D eigenvalue weighted by Crippen LogP contribution is -3.16. The summed E-state index contributed by atoms with van der Waals surface area (Å²) in [5.41, 5.74) is 1.46. The van der Waals surface area contributed by atoms with E-state index in [1.165, 1.54) is 4.90 Å². The van der Waals surface area contributed by atoms with Crippen molar-refractivity contribution in [2.45, 2.75) is 33.0 Å². The van der Waals surface area contributed by atoms with Crippen molar-refractivity contribution in [3.05, 3.63) is 28.8 Å². The fraction of sp³-hybridized carbons (Fsp3) is 0.529. The Morgan fingerprint density at radius 3 is 2.58 bits per heavy atom. The zero-order valence-corrected chi connectivity index (χ0v) is 15.1. The van der Waals surface area contributed by atoms with Crippen LogP contribution in [0.2, 0.25) is 5.02 Å². The molecule has 2 amide bonds. The summed E-state index contributed by atoms with van der Waals surface area (Å²) < 4.78 is 5.66. The van der Waals surface area contributed by atoms with E-state index in [1.807, 2.05) is 20.8 Å². The quantitative estimate of drug-likeness (QED) is 0.716. The molecule has 24 heavy (non-hydrogen) atoms. The molecule has 1 aromatic carbocycles. The van der Waals surface area contributed by atoms with Crippen LogP contribution in [0.1, 0.15) is 19.4 Å². The Balaban J connectivity index is 1.77. The molecule has 3 atom stereocenters. The number of benzene rings is 1. The van der Waals surface area contributed by atoms with Gasteiger partial charge in [-0.25, -0.2) is 0 Å². The summed E-state index contributed by atoms with van der Waals surface area (Å²) in [5.74, 6) is -0.406. The highest BCUT2D eigenvalue weighted by Gasteiger charge is 2.27. The van der Waals surface area contributed by atoms with Crippen LogP contribution < -0.4 is 15.5 Å². The second-order valence-corrected chi connectivity index (χ2v) is 6.74. The number of carbonyl (C=O) groups excluding carboxylic acids is 2. The van der Waals surface area contributed by atoms with Crippen molar-refractivity contribution >= 4 is 29.1 Å². The van der Waals surface area contributed by atoms with Crippen molar-refractivity contribution < 1.29 is 19.2 Å². The molecule has 0 bridgehead atoms. The first-order valence-corrected chi connectivity index (χ1v) is 8.53. The van der Waals surface area contributed by atoms with Crippen LogP contribution in [0, 0.1) is 6.92 Å². The molecule has 132 valence electrons. The van der Waals surface area contributed by atoms with Gasteiger partial charge in [0.2, 0.25) is 5.91 Å². The van der Waals surface area contributed by atoms with Gasteiger partial charge >= 0.3 is 0 Å². The molecule has 0 radical (unpaired) electrons. The van der Waals surface area contributed by atoms with Gasteiger partial charge in [0.15, 0.2) is 6.54 Å². The first-order valence-electron chi connectivity index (χ1n) is 8.16. The Kier molecular flexibility index (Phi) is 6.60. The first kappa shape index (κ1) is 18.7. The van der Waals surface area contributed by atoms with Gasteiger partial charge in [0.1, 0.15) is 25.3 Å². The summed E-state index contributed by atoms with van der Waals surface area (Å²) in [5, 5.41) is 6.02. The maximum Gasteiger partial charge on any atom is 0.275 e. The molecule has 1 aromatic rings. The van der Waals surface area contributed by atoms with Crippen LogP contribution in [-0.4, -0.2) is 50.2 Å². The molecule has 3 N–H and O–H groups in total. The monoisotopic (exact) mass is 354 g/mol. The van der Waals surface area contributed by atoms with Gasteiger partial charge in [-0.3, -0.25) is 9.59 Å². The van der Waals surface area contributed by atoms with Gasteiger partial charge in [-0.1, -0.05) is 17.7 Å². The molecule has 0 spiro atoms. The van der Waals surface area contributed by atoms with Gasteiger partial charge in [-0.15, -0.1) is 0 Å². The standard InChI is InChI=1S/C17H24ClN3O3/c1-11-8-21(9-12(2)24-11)10-17(23)19-7-16(22)20-15-6-4-5-14(18)13(15)3/h4-6,11-12H,7-10H2,1-3H3,(H,19,23)(H,20,22)/p+1/t11-,12+. The van der Waals surface area contributed by atoms with Gasteiger partial charge in [0, 0.05) is 10.7 Å². The van der Waals surface area contributed by atoms with Crippen LogP contribution in [0.15, 0.2) is 18.2 Å². The third-order valence-electron chi connectivity index (χ3n) is 4.02. The average Bonchev–Trinajstić information content (AvgIpc) is 2.49. The highest BCUT2D eigenvalue weighted by Crippen LogP contribution is 2.22. The minimum Gasteiger partial charge on any atom is -0.364 e. The van der Waals surface area contributed by atoms with E-state index in [9.17, 15) is 9.59 Å². The van der Waals surface area contributed by atoms with E-state index in [2.05, 4.69) is 10.6 Å². The fourth-order valence-corrected chi connectivity index (χ4v) is 3.11. The summed E-state index contributed by atoms with van der Waals surface area (Å²) in [4.78, 5) is 25.2. The molecule has 2 rings (SSSR count). The number of morpholine rings is 1. The summed E-state index contributed by atoms with van der Waals surface area (Å²) in [6, 6.07) is 5.32. The summed E-state index contributed by atoms with van der Waals surface area (Å²) in [6.07, 6.45) is 0.288. The van der Waals surface area contributed by atoms with Gasteiger partial charge in [0.25, 0.3) is 5.91 Å². The van der Waals surface area contributed by atoms with Gasteiger partial charge < -0.3 is 20.3 Å². The average molecular weight is 355 g/mol. The van der Waals surface area contributed by atoms with E-state index in [1.54, 1.807) is 18.2 Å². The number of ether oxygens (including phenoxy) is 1. The molecule has 1 unspecified atom stereocenters. The van der Waals surface area contributed by atoms with Crippen molar-refractivity contribution in [1.82, 2.24) is 5.32 Å². The van der Waals surface area contributed by atoms with Crippen LogP contribution in [0.25, 0.3) is 0 Å². The smallest absolute Gasteiger partial charge is 0.275 e. The SMILES string of the molecule is Cc1c(Cl)cccc1NC(=O)CNC(=O)C[NH+]1C[C@@H](C)O[C@@H](C)C1. The third-order valence-corrected chi connectivity index (χ3v) is 4.42. The lowest BCUT2D eigenvalue weighted by Gasteiger charge is -2.31. The zero-order valence-electron chi connectivity index (χ0n) is 14.3. The largest absolute Gasteiger partial charge is 0.364 e. The van der Waals surface area contributed by atoms with Crippen molar-refractivity contribution in [3.8, 4) is 0 Å². The zero-order chi connectivity index (χ0) is 17.7. The van der Waals surface area contributed by atoms with E-state index in [4.69, 9.17) is 16.3 Å². The van der Waals surface area contributed by atoms with Crippen LogP contribution in [0.3, 0.4) is 0 Å². The number of carbonyl (C=O) groups is 2. The second-order valence-electron chi connectivity index (χ2n) is 6.33. The molecular formula is C17H25ClN3O3+. The van der Waals surface area contributed by atoms with Crippen LogP contribution in [0.5, 0.6) is 0 Å². The topological polar surface area (TPSA) is 71.9 Å². The molecule has 0 aliphatic carbocycles. The Hall–Kier alpha value is -1.63. The predicted octanol–water partition coefficient (Wildman–Crippen LogP) is 0.395. The number of hydrogen-bond donors (Lipinski definition) is 3. The summed E-state index contributed by atoms with van der Waals surface area (Å²) >= 11 is 6.02. The lowest BCUT2D eigenvalue weighted by atomic mass is 10.2. The Bertz CT molecular complexity index is 599. The fourth-order valence-electron chi connectivity index (χ4n) is 2.94. The third kappa shape index (κ3) is 5.47. The van der Waals surface area contributed by atoms with Crippen molar-refractivity contribution in [3.63, 3.8) is 0 Å². The van der Waals surface area contributed by atoms with Crippen LogP contribution >= 0.6 is 11.6 Å². The predicted molar refractivity (Wildman–Crippen MR) is 93.4 cm³/mol. The van der Waals surface area contributed by atoms with Gasteiger partial charge in [-0.05, 0) is 38.5 Å². The Morgan fingerprint density at radius 1 is 1.25 bits per heavy atom. The Morgan fingerprint density at radius 2 is 1.92 bits per heavy atom. The number of nitrogens with one attached hydrogen (secondary N) is 3. The number of quaternary nitrogens is 1. The van der Waals surface area contributed by atoms with E-state index in [0.717, 1.165) is 18.7 Å². The second kappa shape index (κ2) is 8.46. The number of hydrogen-bond acceptors (Lipinski definition) is 3. The molecule has 1 heterocycles. The molecular weight excluding hydrogens is 330 g/mol. The molecule has 0 aromatic heterocycles. The number of halogens is 1. The van der Waals surface area contributed by atoms with E-state index in [-0.39, 0.29) is 30.6 Å². The lowest BCUT2D eigenvalue weighted by molar-refractivity contribution is -0.907. The molecule has 1 fully saturated rings. The molecule has 1 aliphatic heterocycles. The van der Waals surface area contributed by atoms with E-state index < -0.39 is 0 Å². The highest BCUT2D eigenvalue weighted by molar-refractivity contribution is 6.31. The minimum atomic E-state index is -0.271. The van der Waals surface area contributed by atoms with Crippen molar-refractivity contribution in [2.24, 2.45) is 0 Å². The van der Waals surface area contributed by atoms with Gasteiger partial charge in [0.05, 0.1) is 6.54 Å². The number of anilines is 1. The normalized spacial score (nSPS) is 23.6. The summed E-state index contributed by atoms with van der Waals surface area (Å²) in [6.45, 7) is 7.74. The number of amides is 2. The molecule has 6 nitrogen and oxygen atoms in total. The van der Waals surface area contributed by atoms with E-state index in [0.29, 0.717) is 17.3 Å². The first-order chi connectivity index (χ1) is 11.3. The highest BCUT2D eigenvalue weighted by atomic mass is 35.5. The molecule has 0 saturated carbocycles. The van der Waals surface area contributed by atoms with Crippen LogP contribution in [0.4, 0.5) is 5.69 Å². The molecule has 1 saturated heterocycles. The minimum absolute atomic E-state index is 0.0559. The molecule has 7 heteroatoms. The number of rotatable bonds is 5. The van der Waals surface area contributed by atoms with Crippen molar-refractivity contribution in [1.29, 1.82) is 0 Å². The molecule has 1 aliphatic rings. The maximum absolute atomic E-state index is 12.0. The maximum atomic E-state index is 12.0. The summed E-state index contributed by atoms with van der Waals surface area (Å²) in [7, 11) is 0. The van der Waals surface area contributed by atoms with Crippen LogP contribution in [-0.2, 0) is 14.3 Å². The van der Waals surface area contributed by atoms with Crippen molar-refractivity contribution in [2.75, 3.05) is 31.5 Å². The van der Waals surface area contributed by atoms with E-state index >= 15 is 0 Å². The Labute approximate surface area is 147 Å².